The van der Waals surface area contributed by atoms with Gasteiger partial charge in [0.1, 0.15) is 5.75 Å². The molecule has 0 saturated heterocycles. The van der Waals surface area contributed by atoms with Crippen LogP contribution in [0.4, 0.5) is 0 Å². The molecule has 0 fully saturated rings. The standard InChI is InChI=1S/C12H10BrNO3S/c13-11-5-1-9(2-6-11)10-3-7-12(8-4-10)17-18(14,15)16/h1-8H,(H2,14,15,16). The maximum absolute atomic E-state index is 10.7. The lowest BCUT2D eigenvalue weighted by Gasteiger charge is -2.05. The first-order valence-corrected chi connectivity index (χ1v) is 7.29. The third-order valence-electron chi connectivity index (χ3n) is 2.24. The first kappa shape index (κ1) is 13.1. The van der Waals surface area contributed by atoms with Crippen LogP contribution in [0.5, 0.6) is 5.75 Å². The van der Waals surface area contributed by atoms with E-state index in [-0.39, 0.29) is 5.75 Å². The molecular weight excluding hydrogens is 318 g/mol. The fourth-order valence-corrected chi connectivity index (χ4v) is 2.12. The van der Waals surface area contributed by atoms with Gasteiger partial charge in [0.2, 0.25) is 0 Å². The Morgan fingerprint density at radius 1 is 0.889 bits per heavy atom. The van der Waals surface area contributed by atoms with Crippen LogP contribution in [0.3, 0.4) is 0 Å². The zero-order valence-electron chi connectivity index (χ0n) is 9.21. The second-order valence-electron chi connectivity index (χ2n) is 3.61. The van der Waals surface area contributed by atoms with Crippen molar-refractivity contribution < 1.29 is 12.6 Å². The van der Waals surface area contributed by atoms with Crippen LogP contribution in [-0.4, -0.2) is 8.42 Å². The number of benzene rings is 2. The molecule has 0 bridgehead atoms. The van der Waals surface area contributed by atoms with Crippen LogP contribution in [0.25, 0.3) is 11.1 Å². The van der Waals surface area contributed by atoms with E-state index in [1.165, 1.54) is 0 Å². The predicted octanol–water partition coefficient (Wildman–Crippen LogP) is 2.70. The van der Waals surface area contributed by atoms with Crippen molar-refractivity contribution in [1.82, 2.24) is 0 Å². The molecule has 0 aliphatic rings. The van der Waals surface area contributed by atoms with Gasteiger partial charge in [-0.1, -0.05) is 40.2 Å². The summed E-state index contributed by atoms with van der Waals surface area (Å²) >= 11 is 3.36. The Balaban J connectivity index is 2.25. The van der Waals surface area contributed by atoms with E-state index in [9.17, 15) is 8.42 Å². The molecule has 6 heteroatoms. The van der Waals surface area contributed by atoms with Crippen molar-refractivity contribution in [2.45, 2.75) is 0 Å². The summed E-state index contributed by atoms with van der Waals surface area (Å²) in [6, 6.07) is 14.4. The Labute approximate surface area is 114 Å². The highest BCUT2D eigenvalue weighted by Gasteiger charge is 2.05. The minimum atomic E-state index is -3.97. The number of halogens is 1. The molecule has 0 heterocycles. The first-order valence-electron chi connectivity index (χ1n) is 5.02. The fraction of sp³-hybridized carbons (Fsp3) is 0. The molecule has 2 aromatic carbocycles. The van der Waals surface area contributed by atoms with Gasteiger partial charge in [0.05, 0.1) is 0 Å². The minimum Gasteiger partial charge on any atom is -0.371 e. The summed E-state index contributed by atoms with van der Waals surface area (Å²) in [7, 11) is -3.97. The van der Waals surface area contributed by atoms with Crippen LogP contribution in [0, 0.1) is 0 Å². The van der Waals surface area contributed by atoms with Gasteiger partial charge in [-0.15, -0.1) is 0 Å². The molecule has 0 amide bonds. The summed E-state index contributed by atoms with van der Waals surface area (Å²) < 4.78 is 27.0. The highest BCUT2D eigenvalue weighted by molar-refractivity contribution is 9.10. The Kier molecular flexibility index (Phi) is 3.70. The van der Waals surface area contributed by atoms with E-state index < -0.39 is 10.3 Å². The quantitative estimate of drug-likeness (QED) is 0.942. The molecule has 0 aliphatic heterocycles. The summed E-state index contributed by atoms with van der Waals surface area (Å²) in [4.78, 5) is 0. The van der Waals surface area contributed by atoms with Crippen LogP contribution in [0.1, 0.15) is 0 Å². The molecule has 0 spiro atoms. The van der Waals surface area contributed by atoms with Gasteiger partial charge in [0.25, 0.3) is 0 Å². The average molecular weight is 328 g/mol. The van der Waals surface area contributed by atoms with Gasteiger partial charge in [0.15, 0.2) is 0 Å². The zero-order chi connectivity index (χ0) is 13.2. The van der Waals surface area contributed by atoms with Crippen molar-refractivity contribution in [3.8, 4) is 16.9 Å². The van der Waals surface area contributed by atoms with Gasteiger partial charge in [-0.3, -0.25) is 0 Å². The van der Waals surface area contributed by atoms with E-state index in [1.54, 1.807) is 24.3 Å². The number of rotatable bonds is 3. The second-order valence-corrected chi connectivity index (χ2v) is 5.68. The fourth-order valence-electron chi connectivity index (χ4n) is 1.48. The summed E-state index contributed by atoms with van der Waals surface area (Å²) in [5.41, 5.74) is 1.99. The van der Waals surface area contributed by atoms with Crippen LogP contribution in [0.2, 0.25) is 0 Å². The van der Waals surface area contributed by atoms with Gasteiger partial charge in [-0.2, -0.15) is 13.6 Å². The van der Waals surface area contributed by atoms with E-state index in [4.69, 9.17) is 5.14 Å². The molecule has 0 saturated carbocycles. The zero-order valence-corrected chi connectivity index (χ0v) is 11.6. The molecular formula is C12H10BrNO3S. The molecule has 0 radical (unpaired) electrons. The van der Waals surface area contributed by atoms with E-state index >= 15 is 0 Å². The normalized spacial score (nSPS) is 11.2. The molecule has 2 N–H and O–H groups in total. The topological polar surface area (TPSA) is 69.4 Å². The predicted molar refractivity (Wildman–Crippen MR) is 73.3 cm³/mol. The molecule has 2 aromatic rings. The molecule has 18 heavy (non-hydrogen) atoms. The molecule has 94 valence electrons. The monoisotopic (exact) mass is 327 g/mol. The number of hydrogen-bond acceptors (Lipinski definition) is 3. The second kappa shape index (κ2) is 5.09. The Hall–Kier alpha value is -1.37. The average Bonchev–Trinajstić information content (AvgIpc) is 2.29. The van der Waals surface area contributed by atoms with E-state index in [2.05, 4.69) is 20.1 Å². The van der Waals surface area contributed by atoms with Gasteiger partial charge in [-0.05, 0) is 35.4 Å². The summed E-state index contributed by atoms with van der Waals surface area (Å²) in [5.74, 6) is 0.193. The summed E-state index contributed by atoms with van der Waals surface area (Å²) in [5, 5.41) is 4.78. The van der Waals surface area contributed by atoms with E-state index in [0.29, 0.717) is 0 Å². The highest BCUT2D eigenvalue weighted by Crippen LogP contribution is 2.24. The molecule has 0 atom stereocenters. The SMILES string of the molecule is NS(=O)(=O)Oc1ccc(-c2ccc(Br)cc2)cc1. The highest BCUT2D eigenvalue weighted by atomic mass is 79.9. The van der Waals surface area contributed by atoms with Gasteiger partial charge in [0, 0.05) is 4.47 Å². The van der Waals surface area contributed by atoms with Crippen molar-refractivity contribution in [1.29, 1.82) is 0 Å². The molecule has 2 rings (SSSR count). The maximum atomic E-state index is 10.7. The Morgan fingerprint density at radius 3 is 1.78 bits per heavy atom. The number of nitrogens with two attached hydrogens (primary N) is 1. The van der Waals surface area contributed by atoms with Crippen LogP contribution in [-0.2, 0) is 10.3 Å². The molecule has 0 aliphatic carbocycles. The van der Waals surface area contributed by atoms with Crippen molar-refractivity contribution in [3.63, 3.8) is 0 Å². The first-order chi connectivity index (χ1) is 8.44. The molecule has 0 aromatic heterocycles. The lowest BCUT2D eigenvalue weighted by Crippen LogP contribution is -2.18. The lowest BCUT2D eigenvalue weighted by molar-refractivity contribution is 0.488. The van der Waals surface area contributed by atoms with Gasteiger partial charge < -0.3 is 4.18 Å². The number of hydrogen-bond donors (Lipinski definition) is 1. The van der Waals surface area contributed by atoms with Crippen molar-refractivity contribution in [2.24, 2.45) is 5.14 Å². The Morgan fingerprint density at radius 2 is 1.33 bits per heavy atom. The van der Waals surface area contributed by atoms with Gasteiger partial charge >= 0.3 is 10.3 Å². The van der Waals surface area contributed by atoms with E-state index in [0.717, 1.165) is 15.6 Å². The van der Waals surface area contributed by atoms with Crippen molar-refractivity contribution >= 4 is 26.2 Å². The van der Waals surface area contributed by atoms with Crippen LogP contribution < -0.4 is 9.32 Å². The minimum absolute atomic E-state index is 0.193. The summed E-state index contributed by atoms with van der Waals surface area (Å²) in [6.45, 7) is 0. The van der Waals surface area contributed by atoms with E-state index in [1.807, 2.05) is 24.3 Å². The molecule has 4 nitrogen and oxygen atoms in total. The van der Waals surface area contributed by atoms with Crippen LogP contribution >= 0.6 is 15.9 Å². The smallest absolute Gasteiger partial charge is 0.371 e. The Bertz CT molecular complexity index is 636. The summed E-state index contributed by atoms with van der Waals surface area (Å²) in [6.07, 6.45) is 0. The van der Waals surface area contributed by atoms with Crippen LogP contribution in [0.15, 0.2) is 53.0 Å². The van der Waals surface area contributed by atoms with Crippen molar-refractivity contribution in [3.05, 3.63) is 53.0 Å². The largest absolute Gasteiger partial charge is 0.380 e. The van der Waals surface area contributed by atoms with Crippen molar-refractivity contribution in [2.75, 3.05) is 0 Å². The lowest BCUT2D eigenvalue weighted by atomic mass is 10.1. The molecule has 0 unspecified atom stereocenters. The third-order valence-corrected chi connectivity index (χ3v) is 3.20. The maximum Gasteiger partial charge on any atom is 0.380 e. The third kappa shape index (κ3) is 3.56. The van der Waals surface area contributed by atoms with Gasteiger partial charge in [-0.25, -0.2) is 0 Å².